The van der Waals surface area contributed by atoms with Crippen molar-refractivity contribution >= 4 is 35.1 Å². The van der Waals surface area contributed by atoms with E-state index in [1.165, 1.54) is 6.33 Å². The third kappa shape index (κ3) is 2.89. The summed E-state index contributed by atoms with van der Waals surface area (Å²) in [6, 6.07) is 0. The number of ether oxygens (including phenoxy) is 1. The van der Waals surface area contributed by atoms with Crippen LogP contribution in [0.3, 0.4) is 0 Å². The predicted molar refractivity (Wildman–Crippen MR) is 86.4 cm³/mol. The Morgan fingerprint density at radius 2 is 2.41 bits per heavy atom. The zero-order valence-electron chi connectivity index (χ0n) is 12.4. The third-order valence-corrected chi connectivity index (χ3v) is 4.79. The molecular weight excluding hydrogens is 302 g/mol. The molecule has 0 aliphatic carbocycles. The van der Waals surface area contributed by atoms with Gasteiger partial charge < -0.3 is 15.5 Å². The molecule has 0 radical (unpaired) electrons. The van der Waals surface area contributed by atoms with Gasteiger partial charge in [-0.05, 0) is 6.26 Å². The second-order valence-electron chi connectivity index (χ2n) is 5.48. The molecule has 7 nitrogen and oxygen atoms in total. The molecule has 1 fully saturated rings. The van der Waals surface area contributed by atoms with Gasteiger partial charge >= 0.3 is 0 Å². The number of aromatic nitrogens is 3. The Labute approximate surface area is 132 Å². The summed E-state index contributed by atoms with van der Waals surface area (Å²) in [6.45, 7) is 2.96. The minimum Gasteiger partial charge on any atom is -0.463 e. The second-order valence-corrected chi connectivity index (χ2v) is 6.39. The predicted octanol–water partition coefficient (Wildman–Crippen LogP) is 0.877. The number of nitrogens with zero attached hydrogens (tertiary/aromatic N) is 3. The van der Waals surface area contributed by atoms with Crippen LogP contribution >= 0.6 is 11.8 Å². The number of rotatable bonds is 6. The summed E-state index contributed by atoms with van der Waals surface area (Å²) in [5, 5.41) is 0. The van der Waals surface area contributed by atoms with Gasteiger partial charge in [-0.3, -0.25) is 9.69 Å². The Kier molecular flexibility index (Phi) is 4.49. The zero-order valence-corrected chi connectivity index (χ0v) is 13.2. The van der Waals surface area contributed by atoms with E-state index in [9.17, 15) is 4.79 Å². The van der Waals surface area contributed by atoms with Gasteiger partial charge in [-0.15, -0.1) is 0 Å². The highest BCUT2D eigenvalue weighted by Gasteiger charge is 2.34. The van der Waals surface area contributed by atoms with Crippen molar-refractivity contribution in [2.24, 2.45) is 5.92 Å². The summed E-state index contributed by atoms with van der Waals surface area (Å²) < 4.78 is 5.24. The molecule has 1 aliphatic heterocycles. The van der Waals surface area contributed by atoms with E-state index in [4.69, 9.17) is 10.5 Å². The molecule has 3 rings (SSSR count). The number of likely N-dealkylation sites (tertiary alicyclic amines) is 1. The molecular formula is C14H19N5O2S. The van der Waals surface area contributed by atoms with Crippen molar-refractivity contribution in [1.82, 2.24) is 19.9 Å². The van der Waals surface area contributed by atoms with E-state index >= 15 is 0 Å². The molecule has 0 amide bonds. The van der Waals surface area contributed by atoms with Crippen LogP contribution in [0.5, 0.6) is 0 Å². The molecule has 0 spiro atoms. The van der Waals surface area contributed by atoms with Crippen LogP contribution in [0.1, 0.15) is 5.56 Å². The SMILES string of the molecule is CSC[C@H]1CN(Cc2c[nH]c3c(N)ncnc23)C[C@@H]1OC=O. The maximum Gasteiger partial charge on any atom is 0.293 e. The van der Waals surface area contributed by atoms with Crippen LogP contribution in [-0.4, -0.2) is 57.5 Å². The van der Waals surface area contributed by atoms with Gasteiger partial charge in [0.05, 0.1) is 5.52 Å². The van der Waals surface area contributed by atoms with Gasteiger partial charge in [-0.2, -0.15) is 11.8 Å². The lowest BCUT2D eigenvalue weighted by atomic mass is 10.1. The molecule has 22 heavy (non-hydrogen) atoms. The van der Waals surface area contributed by atoms with E-state index in [2.05, 4.69) is 26.1 Å². The number of hydrogen-bond donors (Lipinski definition) is 2. The molecule has 0 bridgehead atoms. The molecule has 1 aliphatic rings. The van der Waals surface area contributed by atoms with E-state index in [0.29, 0.717) is 18.2 Å². The summed E-state index contributed by atoms with van der Waals surface area (Å²) >= 11 is 1.78. The topological polar surface area (TPSA) is 97.1 Å². The fourth-order valence-corrected chi connectivity index (χ4v) is 3.78. The fraction of sp³-hybridized carbons (Fsp3) is 0.500. The Morgan fingerprint density at radius 1 is 1.55 bits per heavy atom. The summed E-state index contributed by atoms with van der Waals surface area (Å²) in [6.07, 6.45) is 5.44. The smallest absolute Gasteiger partial charge is 0.293 e. The highest BCUT2D eigenvalue weighted by atomic mass is 32.2. The normalized spacial score (nSPS) is 22.2. The van der Waals surface area contributed by atoms with Crippen molar-refractivity contribution < 1.29 is 9.53 Å². The lowest BCUT2D eigenvalue weighted by Crippen LogP contribution is -2.24. The molecule has 3 heterocycles. The van der Waals surface area contributed by atoms with Crippen molar-refractivity contribution in [3.8, 4) is 0 Å². The number of fused-ring (bicyclic) bond motifs is 1. The molecule has 2 atom stereocenters. The first-order valence-electron chi connectivity index (χ1n) is 7.09. The van der Waals surface area contributed by atoms with E-state index in [1.54, 1.807) is 11.8 Å². The van der Waals surface area contributed by atoms with Crippen molar-refractivity contribution in [2.75, 3.05) is 30.8 Å². The number of nitrogens with one attached hydrogen (secondary N) is 1. The van der Waals surface area contributed by atoms with Gasteiger partial charge in [0.1, 0.15) is 17.9 Å². The van der Waals surface area contributed by atoms with Crippen LogP contribution < -0.4 is 5.73 Å². The van der Waals surface area contributed by atoms with Crippen molar-refractivity contribution in [2.45, 2.75) is 12.6 Å². The van der Waals surface area contributed by atoms with Crippen LogP contribution in [0.15, 0.2) is 12.5 Å². The number of nitrogen functional groups attached to an aromatic ring is 1. The maximum atomic E-state index is 10.7. The van der Waals surface area contributed by atoms with Crippen LogP contribution in [0.25, 0.3) is 11.0 Å². The number of hydrogen-bond acceptors (Lipinski definition) is 7. The molecule has 8 heteroatoms. The molecule has 0 aromatic carbocycles. The van der Waals surface area contributed by atoms with E-state index in [1.807, 2.05) is 6.20 Å². The zero-order chi connectivity index (χ0) is 15.5. The fourth-order valence-electron chi connectivity index (χ4n) is 3.03. The molecule has 0 unspecified atom stereocenters. The van der Waals surface area contributed by atoms with E-state index in [-0.39, 0.29) is 6.10 Å². The Balaban J connectivity index is 1.75. The molecule has 0 saturated carbocycles. The highest BCUT2D eigenvalue weighted by molar-refractivity contribution is 7.98. The van der Waals surface area contributed by atoms with Gasteiger partial charge in [-0.25, -0.2) is 9.97 Å². The molecule has 1 saturated heterocycles. The first-order valence-corrected chi connectivity index (χ1v) is 8.49. The number of aromatic amines is 1. The largest absolute Gasteiger partial charge is 0.463 e. The lowest BCUT2D eigenvalue weighted by molar-refractivity contribution is -0.134. The highest BCUT2D eigenvalue weighted by Crippen LogP contribution is 2.26. The Morgan fingerprint density at radius 3 is 3.18 bits per heavy atom. The van der Waals surface area contributed by atoms with Crippen LogP contribution in [0, 0.1) is 5.92 Å². The van der Waals surface area contributed by atoms with Gasteiger partial charge in [0, 0.05) is 43.1 Å². The summed E-state index contributed by atoms with van der Waals surface area (Å²) in [5.41, 5.74) is 8.56. The van der Waals surface area contributed by atoms with E-state index < -0.39 is 0 Å². The van der Waals surface area contributed by atoms with Crippen molar-refractivity contribution in [3.63, 3.8) is 0 Å². The number of nitrogens with two attached hydrogens (primary N) is 1. The summed E-state index contributed by atoms with van der Waals surface area (Å²) in [5.74, 6) is 1.81. The van der Waals surface area contributed by atoms with Crippen molar-refractivity contribution in [1.29, 1.82) is 0 Å². The summed E-state index contributed by atoms with van der Waals surface area (Å²) in [7, 11) is 0. The molecule has 2 aromatic rings. The molecule has 2 aromatic heterocycles. The first kappa shape index (κ1) is 15.1. The van der Waals surface area contributed by atoms with E-state index in [0.717, 1.165) is 42.0 Å². The average molecular weight is 321 g/mol. The quantitative estimate of drug-likeness (QED) is 0.762. The van der Waals surface area contributed by atoms with Crippen LogP contribution in [-0.2, 0) is 16.1 Å². The van der Waals surface area contributed by atoms with Gasteiger partial charge in [0.15, 0.2) is 5.82 Å². The van der Waals surface area contributed by atoms with Crippen LogP contribution in [0.2, 0.25) is 0 Å². The summed E-state index contributed by atoms with van der Waals surface area (Å²) in [4.78, 5) is 24.4. The Hall–Kier alpha value is -1.80. The maximum absolute atomic E-state index is 10.7. The number of thioether (sulfide) groups is 1. The third-order valence-electron chi connectivity index (χ3n) is 4.03. The number of anilines is 1. The molecule has 3 N–H and O–H groups in total. The van der Waals surface area contributed by atoms with Gasteiger partial charge in [-0.1, -0.05) is 0 Å². The van der Waals surface area contributed by atoms with Gasteiger partial charge in [0.2, 0.25) is 0 Å². The van der Waals surface area contributed by atoms with Gasteiger partial charge in [0.25, 0.3) is 6.47 Å². The number of carbonyl (C=O) groups is 1. The minimum absolute atomic E-state index is 0.0325. The lowest BCUT2D eigenvalue weighted by Gasteiger charge is -2.14. The van der Waals surface area contributed by atoms with Crippen molar-refractivity contribution in [3.05, 3.63) is 18.1 Å². The average Bonchev–Trinajstić information content (AvgIpc) is 3.07. The Bertz CT molecular complexity index is 662. The molecule has 118 valence electrons. The standard InChI is InChI=1S/C14H19N5O2S/c1-22-6-10-4-19(5-11(10)21-8-20)3-9-2-16-13-12(9)17-7-18-14(13)15/h2,7-8,10-11,16H,3-6H2,1H3,(H2,15,17,18)/t10-,11+/m1/s1. The minimum atomic E-state index is -0.0325. The monoisotopic (exact) mass is 321 g/mol. The second kappa shape index (κ2) is 6.53. The number of H-pyrrole nitrogens is 1. The van der Waals surface area contributed by atoms with Crippen LogP contribution in [0.4, 0.5) is 5.82 Å². The number of carbonyl (C=O) groups excluding carboxylic acids is 1. The first-order chi connectivity index (χ1) is 10.7.